The van der Waals surface area contributed by atoms with Crippen molar-refractivity contribution < 1.29 is 4.42 Å². The van der Waals surface area contributed by atoms with Crippen LogP contribution in [-0.4, -0.2) is 17.6 Å². The Bertz CT molecular complexity index is 508. The highest BCUT2D eigenvalue weighted by Gasteiger charge is 2.09. The van der Waals surface area contributed by atoms with Gasteiger partial charge in [-0.2, -0.15) is 0 Å². The third-order valence-electron chi connectivity index (χ3n) is 3.16. The summed E-state index contributed by atoms with van der Waals surface area (Å²) < 4.78 is 5.41. The number of hydrogen-bond acceptors (Lipinski definition) is 4. The average molecular weight is 273 g/mol. The number of nitrogens with one attached hydrogen (secondary N) is 1. The molecule has 0 fully saturated rings. The molecule has 0 atom stereocenters. The Hall–Kier alpha value is -1.81. The van der Waals surface area contributed by atoms with E-state index >= 15 is 0 Å². The van der Waals surface area contributed by atoms with Crippen molar-refractivity contribution in [1.82, 2.24) is 10.3 Å². The van der Waals surface area contributed by atoms with Gasteiger partial charge in [-0.25, -0.2) is 4.98 Å². The summed E-state index contributed by atoms with van der Waals surface area (Å²) in [5.74, 6) is 1.95. The molecule has 0 unspecified atom stereocenters. The first-order chi connectivity index (χ1) is 9.69. The fourth-order valence-electron chi connectivity index (χ4n) is 2.01. The van der Waals surface area contributed by atoms with Gasteiger partial charge >= 0.3 is 0 Å². The van der Waals surface area contributed by atoms with Gasteiger partial charge < -0.3 is 14.6 Å². The van der Waals surface area contributed by atoms with Gasteiger partial charge in [-0.15, -0.1) is 0 Å². The van der Waals surface area contributed by atoms with Crippen molar-refractivity contribution in [2.45, 2.75) is 39.9 Å². The predicted molar refractivity (Wildman–Crippen MR) is 81.6 cm³/mol. The average Bonchev–Trinajstić information content (AvgIpc) is 2.96. The highest BCUT2D eigenvalue weighted by molar-refractivity contribution is 5.41. The molecule has 4 heteroatoms. The molecule has 0 aliphatic rings. The highest BCUT2D eigenvalue weighted by atomic mass is 16.3. The topological polar surface area (TPSA) is 41.3 Å². The van der Waals surface area contributed by atoms with E-state index in [0.29, 0.717) is 6.04 Å². The second-order valence-corrected chi connectivity index (χ2v) is 5.15. The lowest BCUT2D eigenvalue weighted by molar-refractivity contribution is 0.503. The Morgan fingerprint density at radius 1 is 1.35 bits per heavy atom. The Morgan fingerprint density at radius 2 is 2.20 bits per heavy atom. The molecule has 0 aromatic carbocycles. The highest BCUT2D eigenvalue weighted by Crippen LogP contribution is 2.16. The van der Waals surface area contributed by atoms with Crippen molar-refractivity contribution in [1.29, 1.82) is 0 Å². The largest absolute Gasteiger partial charge is 0.467 e. The van der Waals surface area contributed by atoms with Crippen LogP contribution in [0, 0.1) is 0 Å². The number of rotatable bonds is 7. The summed E-state index contributed by atoms with van der Waals surface area (Å²) >= 11 is 0. The summed E-state index contributed by atoms with van der Waals surface area (Å²) in [4.78, 5) is 6.68. The van der Waals surface area contributed by atoms with Crippen LogP contribution >= 0.6 is 0 Å². The molecule has 0 aliphatic carbocycles. The zero-order chi connectivity index (χ0) is 14.4. The molecule has 0 spiro atoms. The summed E-state index contributed by atoms with van der Waals surface area (Å²) in [6.07, 6.45) is 3.58. The predicted octanol–water partition coefficient (Wildman–Crippen LogP) is 3.20. The smallest absolute Gasteiger partial charge is 0.129 e. The zero-order valence-electron chi connectivity index (χ0n) is 12.5. The molecule has 0 bridgehead atoms. The molecular weight excluding hydrogens is 250 g/mol. The lowest BCUT2D eigenvalue weighted by Gasteiger charge is -2.21. The molecule has 2 aromatic heterocycles. The second kappa shape index (κ2) is 7.10. The van der Waals surface area contributed by atoms with Gasteiger partial charge in [0.25, 0.3) is 0 Å². The first kappa shape index (κ1) is 14.6. The Balaban J connectivity index is 2.07. The van der Waals surface area contributed by atoms with E-state index in [9.17, 15) is 0 Å². The van der Waals surface area contributed by atoms with Crippen LogP contribution in [-0.2, 0) is 13.1 Å². The zero-order valence-corrected chi connectivity index (χ0v) is 12.5. The minimum absolute atomic E-state index is 0.483. The molecule has 2 heterocycles. The molecule has 108 valence electrons. The van der Waals surface area contributed by atoms with Crippen LogP contribution in [0.5, 0.6) is 0 Å². The first-order valence-corrected chi connectivity index (χ1v) is 7.14. The molecule has 0 amide bonds. The van der Waals surface area contributed by atoms with E-state index in [-0.39, 0.29) is 0 Å². The Labute approximate surface area is 120 Å². The number of pyridine rings is 1. The van der Waals surface area contributed by atoms with Gasteiger partial charge in [-0.3, -0.25) is 0 Å². The van der Waals surface area contributed by atoms with Gasteiger partial charge in [0.05, 0.1) is 12.8 Å². The Kier molecular flexibility index (Phi) is 5.18. The van der Waals surface area contributed by atoms with Crippen LogP contribution in [0.15, 0.2) is 41.1 Å². The SMILES string of the molecule is CCN(Cc1ccco1)c1cc(CNC(C)C)ccn1. The minimum atomic E-state index is 0.483. The molecule has 1 N–H and O–H groups in total. The van der Waals surface area contributed by atoms with Gasteiger partial charge in [0.1, 0.15) is 11.6 Å². The standard InChI is InChI=1S/C16H23N3O/c1-4-19(12-15-6-5-9-20-15)16-10-14(7-8-17-16)11-18-13(2)3/h5-10,13,18H,4,11-12H2,1-3H3. The summed E-state index contributed by atoms with van der Waals surface area (Å²) in [7, 11) is 0. The van der Waals surface area contributed by atoms with Gasteiger partial charge in [0.2, 0.25) is 0 Å². The van der Waals surface area contributed by atoms with Gasteiger partial charge in [0.15, 0.2) is 0 Å². The van der Waals surface area contributed by atoms with Gasteiger partial charge in [0, 0.05) is 25.3 Å². The van der Waals surface area contributed by atoms with Crippen molar-refractivity contribution in [3.8, 4) is 0 Å². The number of nitrogens with zero attached hydrogens (tertiary/aromatic N) is 2. The van der Waals surface area contributed by atoms with Crippen molar-refractivity contribution in [2.24, 2.45) is 0 Å². The van der Waals surface area contributed by atoms with Crippen LogP contribution in [0.3, 0.4) is 0 Å². The quantitative estimate of drug-likeness (QED) is 0.841. The maximum absolute atomic E-state index is 5.41. The number of anilines is 1. The van der Waals surface area contributed by atoms with Crippen molar-refractivity contribution in [3.63, 3.8) is 0 Å². The van der Waals surface area contributed by atoms with E-state index in [1.54, 1.807) is 6.26 Å². The summed E-state index contributed by atoms with van der Waals surface area (Å²) in [5.41, 5.74) is 1.25. The maximum atomic E-state index is 5.41. The van der Waals surface area contributed by atoms with Gasteiger partial charge in [-0.1, -0.05) is 13.8 Å². The molecular formula is C16H23N3O. The van der Waals surface area contributed by atoms with Crippen molar-refractivity contribution in [2.75, 3.05) is 11.4 Å². The summed E-state index contributed by atoms with van der Waals surface area (Å²) in [6.45, 7) is 8.94. The monoisotopic (exact) mass is 273 g/mol. The van der Waals surface area contributed by atoms with E-state index in [1.807, 2.05) is 18.3 Å². The molecule has 2 rings (SSSR count). The van der Waals surface area contributed by atoms with Crippen molar-refractivity contribution in [3.05, 3.63) is 48.0 Å². The maximum Gasteiger partial charge on any atom is 0.129 e. The fraction of sp³-hybridized carbons (Fsp3) is 0.438. The van der Waals surface area contributed by atoms with Crippen LogP contribution in [0.4, 0.5) is 5.82 Å². The molecule has 20 heavy (non-hydrogen) atoms. The van der Waals surface area contributed by atoms with E-state index in [0.717, 1.165) is 31.2 Å². The lowest BCUT2D eigenvalue weighted by atomic mass is 10.2. The molecule has 2 aromatic rings. The molecule has 0 aliphatic heterocycles. The molecule has 4 nitrogen and oxygen atoms in total. The fourth-order valence-corrected chi connectivity index (χ4v) is 2.01. The second-order valence-electron chi connectivity index (χ2n) is 5.15. The minimum Gasteiger partial charge on any atom is -0.467 e. The van der Waals surface area contributed by atoms with E-state index in [1.165, 1.54) is 5.56 Å². The lowest BCUT2D eigenvalue weighted by Crippen LogP contribution is -2.24. The number of aromatic nitrogens is 1. The van der Waals surface area contributed by atoms with Gasteiger partial charge in [-0.05, 0) is 36.8 Å². The van der Waals surface area contributed by atoms with Crippen LogP contribution in [0.2, 0.25) is 0 Å². The van der Waals surface area contributed by atoms with Crippen LogP contribution in [0.25, 0.3) is 0 Å². The molecule has 0 radical (unpaired) electrons. The van der Waals surface area contributed by atoms with Crippen molar-refractivity contribution >= 4 is 5.82 Å². The number of furan rings is 1. The van der Waals surface area contributed by atoms with E-state index in [4.69, 9.17) is 4.42 Å². The Morgan fingerprint density at radius 3 is 2.85 bits per heavy atom. The normalized spacial score (nSPS) is 11.0. The van der Waals surface area contributed by atoms with Crippen LogP contribution < -0.4 is 10.2 Å². The molecule has 0 saturated heterocycles. The first-order valence-electron chi connectivity index (χ1n) is 7.14. The van der Waals surface area contributed by atoms with E-state index < -0.39 is 0 Å². The summed E-state index contributed by atoms with van der Waals surface area (Å²) in [5, 5.41) is 3.43. The number of hydrogen-bond donors (Lipinski definition) is 1. The third kappa shape index (κ3) is 4.10. The van der Waals surface area contributed by atoms with Crippen LogP contribution in [0.1, 0.15) is 32.1 Å². The molecule has 0 saturated carbocycles. The van der Waals surface area contributed by atoms with E-state index in [2.05, 4.69) is 48.1 Å². The summed E-state index contributed by atoms with van der Waals surface area (Å²) in [6, 6.07) is 8.59. The third-order valence-corrected chi connectivity index (χ3v) is 3.16.